The van der Waals surface area contributed by atoms with E-state index in [2.05, 4.69) is 32.2 Å². The van der Waals surface area contributed by atoms with Gasteiger partial charge in [-0.05, 0) is 37.5 Å². The minimum absolute atomic E-state index is 0.0135. The summed E-state index contributed by atoms with van der Waals surface area (Å²) in [4.78, 5) is 17.3. The zero-order chi connectivity index (χ0) is 19.3. The lowest BCUT2D eigenvalue weighted by atomic mass is 9.91. The summed E-state index contributed by atoms with van der Waals surface area (Å²) in [6.45, 7) is 11.3. The van der Waals surface area contributed by atoms with Crippen LogP contribution < -0.4 is 0 Å². The molecule has 150 valence electrons. The number of phosphoric ester groups is 1. The van der Waals surface area contributed by atoms with Gasteiger partial charge in [0, 0.05) is 0 Å². The lowest BCUT2D eigenvalue weighted by molar-refractivity contribution is 0.215. The summed E-state index contributed by atoms with van der Waals surface area (Å²) in [6.07, 6.45) is 13.2. The maximum atomic E-state index is 10.6. The molecule has 2 N–H and O–H groups in total. The first kappa shape index (κ1) is 24.8. The van der Waals surface area contributed by atoms with Gasteiger partial charge >= 0.3 is 7.82 Å². The highest BCUT2D eigenvalue weighted by molar-refractivity contribution is 7.46. The Hall–Kier alpha value is -0.150. The van der Waals surface area contributed by atoms with E-state index in [1.807, 2.05) is 6.92 Å². The fourth-order valence-electron chi connectivity index (χ4n) is 3.09. The van der Waals surface area contributed by atoms with Gasteiger partial charge in [-0.1, -0.05) is 84.3 Å². The molecule has 2 unspecified atom stereocenters. The Morgan fingerprint density at radius 3 is 1.88 bits per heavy atom. The van der Waals surface area contributed by atoms with E-state index in [-0.39, 0.29) is 6.61 Å². The predicted molar refractivity (Wildman–Crippen MR) is 106 cm³/mol. The Balaban J connectivity index is 3.68. The average molecular weight is 377 g/mol. The molecule has 2 atom stereocenters. The third-order valence-electron chi connectivity index (χ3n) is 4.81. The fraction of sp³-hybridized carbons (Fsp3) is 0.900. The van der Waals surface area contributed by atoms with Crippen molar-refractivity contribution in [3.8, 4) is 0 Å². The van der Waals surface area contributed by atoms with E-state index in [9.17, 15) is 4.57 Å². The smallest absolute Gasteiger partial charge is 0.303 e. The average Bonchev–Trinajstić information content (AvgIpc) is 2.45. The number of hydrogen-bond acceptors (Lipinski definition) is 2. The van der Waals surface area contributed by atoms with Crippen molar-refractivity contribution in [1.82, 2.24) is 0 Å². The van der Waals surface area contributed by atoms with Crippen LogP contribution >= 0.6 is 7.82 Å². The maximum Gasteiger partial charge on any atom is 0.469 e. The van der Waals surface area contributed by atoms with Crippen LogP contribution in [0.2, 0.25) is 0 Å². The van der Waals surface area contributed by atoms with E-state index < -0.39 is 7.82 Å². The third-order valence-corrected chi connectivity index (χ3v) is 5.30. The largest absolute Gasteiger partial charge is 0.469 e. The first-order valence-electron chi connectivity index (χ1n) is 9.95. The van der Waals surface area contributed by atoms with Gasteiger partial charge in [-0.25, -0.2) is 4.57 Å². The molecule has 4 nitrogen and oxygen atoms in total. The molecular weight excluding hydrogens is 335 g/mol. The predicted octanol–water partition coefficient (Wildman–Crippen LogP) is 6.48. The van der Waals surface area contributed by atoms with E-state index >= 15 is 0 Å². The van der Waals surface area contributed by atoms with Crippen LogP contribution in [0.25, 0.3) is 0 Å². The SMILES string of the molecule is C/C(=C\COP(=O)(O)O)CCCC(C)CCCC(C)CCCC(C)C. The van der Waals surface area contributed by atoms with Gasteiger partial charge in [0.2, 0.25) is 0 Å². The van der Waals surface area contributed by atoms with Crippen molar-refractivity contribution >= 4 is 7.82 Å². The monoisotopic (exact) mass is 376 g/mol. The quantitative estimate of drug-likeness (QED) is 0.253. The van der Waals surface area contributed by atoms with Crippen molar-refractivity contribution in [3.63, 3.8) is 0 Å². The minimum atomic E-state index is -4.34. The van der Waals surface area contributed by atoms with Gasteiger partial charge in [0.1, 0.15) is 0 Å². The molecule has 25 heavy (non-hydrogen) atoms. The molecule has 0 aliphatic rings. The van der Waals surface area contributed by atoms with E-state index in [0.717, 1.165) is 36.2 Å². The van der Waals surface area contributed by atoms with Crippen LogP contribution in [0.5, 0.6) is 0 Å². The summed E-state index contributed by atoms with van der Waals surface area (Å²) >= 11 is 0. The van der Waals surface area contributed by atoms with Crippen LogP contribution in [0.15, 0.2) is 11.6 Å². The van der Waals surface area contributed by atoms with Gasteiger partial charge in [-0.3, -0.25) is 4.52 Å². The first-order chi connectivity index (χ1) is 11.6. The fourth-order valence-corrected chi connectivity index (χ4v) is 3.35. The second kappa shape index (κ2) is 14.0. The van der Waals surface area contributed by atoms with Gasteiger partial charge in [0.15, 0.2) is 0 Å². The Bertz CT molecular complexity index is 401. The van der Waals surface area contributed by atoms with Gasteiger partial charge in [-0.2, -0.15) is 0 Å². The minimum Gasteiger partial charge on any atom is -0.303 e. The highest BCUT2D eigenvalue weighted by Gasteiger charge is 2.11. The topological polar surface area (TPSA) is 66.8 Å². The second-order valence-electron chi connectivity index (χ2n) is 8.20. The molecule has 0 fully saturated rings. The van der Waals surface area contributed by atoms with E-state index in [1.54, 1.807) is 6.08 Å². The Kier molecular flexibility index (Phi) is 13.9. The molecule has 0 bridgehead atoms. The maximum absolute atomic E-state index is 10.6. The summed E-state index contributed by atoms with van der Waals surface area (Å²) in [5, 5.41) is 0. The summed E-state index contributed by atoms with van der Waals surface area (Å²) in [5.74, 6) is 2.43. The molecule has 0 radical (unpaired) electrons. The molecule has 0 spiro atoms. The molecule has 0 aromatic rings. The summed E-state index contributed by atoms with van der Waals surface area (Å²) in [6, 6.07) is 0. The molecular formula is C20H41O4P. The van der Waals surface area contributed by atoms with Crippen LogP contribution in [-0.4, -0.2) is 16.4 Å². The van der Waals surface area contributed by atoms with Crippen molar-refractivity contribution < 1.29 is 18.9 Å². The normalized spacial score (nSPS) is 15.6. The highest BCUT2D eigenvalue weighted by atomic mass is 31.2. The molecule has 5 heteroatoms. The standard InChI is InChI=1S/C20H41O4P/c1-17(2)9-6-10-18(3)11-7-12-19(4)13-8-14-20(5)15-16-24-25(21,22)23/h15,17-19H,6-14,16H2,1-5H3,(H2,21,22,23)/b20-15+. The highest BCUT2D eigenvalue weighted by Crippen LogP contribution is 2.35. The van der Waals surface area contributed by atoms with Gasteiger partial charge in [0.25, 0.3) is 0 Å². The third kappa shape index (κ3) is 18.4. The number of phosphoric acid groups is 1. The van der Waals surface area contributed by atoms with E-state index in [4.69, 9.17) is 9.79 Å². The molecule has 0 rings (SSSR count). The molecule has 0 saturated heterocycles. The van der Waals surface area contributed by atoms with Crippen molar-refractivity contribution in [3.05, 3.63) is 11.6 Å². The number of rotatable bonds is 15. The number of allylic oxidation sites excluding steroid dienone is 1. The molecule has 0 heterocycles. The van der Waals surface area contributed by atoms with Crippen molar-refractivity contribution in [1.29, 1.82) is 0 Å². The van der Waals surface area contributed by atoms with E-state index in [1.165, 1.54) is 44.9 Å². The van der Waals surface area contributed by atoms with Crippen LogP contribution in [0.1, 0.15) is 92.4 Å². The van der Waals surface area contributed by atoms with Crippen LogP contribution in [0.3, 0.4) is 0 Å². The zero-order valence-electron chi connectivity index (χ0n) is 17.0. The number of hydrogen-bond donors (Lipinski definition) is 2. The van der Waals surface area contributed by atoms with Crippen LogP contribution in [-0.2, 0) is 9.09 Å². The molecule has 0 aromatic carbocycles. The van der Waals surface area contributed by atoms with Crippen molar-refractivity contribution in [2.45, 2.75) is 92.4 Å². The summed E-state index contributed by atoms with van der Waals surface area (Å²) in [5.41, 5.74) is 1.14. The van der Waals surface area contributed by atoms with Gasteiger partial charge in [-0.15, -0.1) is 0 Å². The van der Waals surface area contributed by atoms with E-state index in [0.29, 0.717) is 0 Å². The Labute approximate surface area is 155 Å². The van der Waals surface area contributed by atoms with Gasteiger partial charge in [0.05, 0.1) is 6.61 Å². The molecule has 0 aromatic heterocycles. The lowest BCUT2D eigenvalue weighted by Gasteiger charge is -2.15. The molecule has 0 aliphatic carbocycles. The van der Waals surface area contributed by atoms with Crippen molar-refractivity contribution in [2.75, 3.05) is 6.61 Å². The van der Waals surface area contributed by atoms with Crippen LogP contribution in [0.4, 0.5) is 0 Å². The second-order valence-corrected chi connectivity index (χ2v) is 9.43. The Morgan fingerprint density at radius 2 is 1.40 bits per heavy atom. The summed E-state index contributed by atoms with van der Waals surface area (Å²) in [7, 11) is -4.34. The Morgan fingerprint density at radius 1 is 0.920 bits per heavy atom. The van der Waals surface area contributed by atoms with Gasteiger partial charge < -0.3 is 9.79 Å². The molecule has 0 amide bonds. The molecule has 0 aliphatic heterocycles. The first-order valence-corrected chi connectivity index (χ1v) is 11.5. The van der Waals surface area contributed by atoms with Crippen molar-refractivity contribution in [2.24, 2.45) is 17.8 Å². The lowest BCUT2D eigenvalue weighted by Crippen LogP contribution is -2.00. The summed E-state index contributed by atoms with van der Waals surface area (Å²) < 4.78 is 15.0. The zero-order valence-corrected chi connectivity index (χ0v) is 17.9. The molecule has 0 saturated carbocycles. The van der Waals surface area contributed by atoms with Crippen LogP contribution in [0, 0.1) is 17.8 Å².